The van der Waals surface area contributed by atoms with E-state index >= 15 is 0 Å². The molecule has 158 valence electrons. The van der Waals surface area contributed by atoms with E-state index in [9.17, 15) is 14.4 Å². The number of carbonyl (C=O) groups excluding carboxylic acids is 3. The number of thiophene rings is 1. The molecule has 0 bridgehead atoms. The highest BCUT2D eigenvalue weighted by molar-refractivity contribution is 7.17. The number of amides is 3. The van der Waals surface area contributed by atoms with Crippen molar-refractivity contribution in [1.82, 2.24) is 0 Å². The third kappa shape index (κ3) is 3.77. The monoisotopic (exact) mass is 447 g/mol. The van der Waals surface area contributed by atoms with Crippen molar-refractivity contribution in [3.05, 3.63) is 39.2 Å². The van der Waals surface area contributed by atoms with Gasteiger partial charge in [-0.05, 0) is 49.4 Å². The minimum absolute atomic E-state index is 0.0680. The van der Waals surface area contributed by atoms with E-state index in [2.05, 4.69) is 5.32 Å². The van der Waals surface area contributed by atoms with Crippen LogP contribution in [-0.4, -0.2) is 31.4 Å². The lowest BCUT2D eigenvalue weighted by Gasteiger charge is -2.19. The molecule has 0 radical (unpaired) electrons. The number of aryl methyl sites for hydroxylation is 1. The molecule has 0 saturated carbocycles. The number of carbonyl (C=O) groups is 3. The molecule has 1 aromatic carbocycles. The Morgan fingerprint density at radius 2 is 2.07 bits per heavy atom. The molecule has 30 heavy (non-hydrogen) atoms. The number of hydrogen-bond donors (Lipinski definition) is 2. The van der Waals surface area contributed by atoms with Gasteiger partial charge in [0.25, 0.3) is 5.91 Å². The zero-order valence-corrected chi connectivity index (χ0v) is 18.1. The molecule has 1 aliphatic carbocycles. The highest BCUT2D eigenvalue weighted by Gasteiger charge is 2.37. The SMILES string of the molecule is COc1ccc(Cl)cc1N1C[C@H](C(=O)Nc2sc3c(c2C(N)=O)CCCC3)CC1=O. The minimum Gasteiger partial charge on any atom is -0.495 e. The molecule has 2 heterocycles. The molecule has 7 nitrogen and oxygen atoms in total. The Hall–Kier alpha value is -2.58. The second-order valence-electron chi connectivity index (χ2n) is 7.49. The van der Waals surface area contributed by atoms with Crippen molar-refractivity contribution in [2.75, 3.05) is 23.9 Å². The van der Waals surface area contributed by atoms with E-state index in [4.69, 9.17) is 22.1 Å². The van der Waals surface area contributed by atoms with Crippen LogP contribution in [0.15, 0.2) is 18.2 Å². The molecule has 3 amide bonds. The van der Waals surface area contributed by atoms with Gasteiger partial charge in [-0.15, -0.1) is 11.3 Å². The summed E-state index contributed by atoms with van der Waals surface area (Å²) in [5, 5.41) is 3.83. The standard InChI is InChI=1S/C21H22ClN3O4S/c1-29-15-7-6-12(22)9-14(15)25-10-11(8-17(25)26)20(28)24-21-18(19(23)27)13-4-2-3-5-16(13)30-21/h6-7,9,11H,2-5,8,10H2,1H3,(H2,23,27)(H,24,28)/t11-/m1/s1. The van der Waals surface area contributed by atoms with Gasteiger partial charge in [-0.25, -0.2) is 0 Å². The summed E-state index contributed by atoms with van der Waals surface area (Å²) < 4.78 is 5.34. The van der Waals surface area contributed by atoms with Gasteiger partial charge in [-0.3, -0.25) is 14.4 Å². The Bertz CT molecular complexity index is 1040. The quantitative estimate of drug-likeness (QED) is 0.733. The molecule has 0 spiro atoms. The van der Waals surface area contributed by atoms with Crippen molar-refractivity contribution < 1.29 is 19.1 Å². The van der Waals surface area contributed by atoms with Gasteiger partial charge in [-0.2, -0.15) is 0 Å². The first-order valence-corrected chi connectivity index (χ1v) is 11.0. The average Bonchev–Trinajstić information content (AvgIpc) is 3.28. The van der Waals surface area contributed by atoms with Crippen LogP contribution in [-0.2, 0) is 22.4 Å². The average molecular weight is 448 g/mol. The van der Waals surface area contributed by atoms with Crippen molar-refractivity contribution in [2.24, 2.45) is 11.7 Å². The summed E-state index contributed by atoms with van der Waals surface area (Å²) in [6.07, 6.45) is 3.82. The van der Waals surface area contributed by atoms with E-state index in [0.717, 1.165) is 36.1 Å². The van der Waals surface area contributed by atoms with Crippen LogP contribution in [0.4, 0.5) is 10.7 Å². The third-order valence-corrected chi connectivity index (χ3v) is 7.02. The molecule has 3 N–H and O–H groups in total. The van der Waals surface area contributed by atoms with Gasteiger partial charge in [0.2, 0.25) is 11.8 Å². The largest absolute Gasteiger partial charge is 0.495 e. The summed E-state index contributed by atoms with van der Waals surface area (Å²) >= 11 is 7.50. The lowest BCUT2D eigenvalue weighted by atomic mass is 9.95. The van der Waals surface area contributed by atoms with Gasteiger partial charge >= 0.3 is 0 Å². The lowest BCUT2D eigenvalue weighted by Crippen LogP contribution is -2.28. The zero-order valence-electron chi connectivity index (χ0n) is 16.5. The molecule has 1 aromatic heterocycles. The highest BCUT2D eigenvalue weighted by atomic mass is 35.5. The minimum atomic E-state index is -0.555. The van der Waals surface area contributed by atoms with Gasteiger partial charge in [0.15, 0.2) is 0 Å². The number of hydrogen-bond acceptors (Lipinski definition) is 5. The number of nitrogens with two attached hydrogens (primary N) is 1. The highest BCUT2D eigenvalue weighted by Crippen LogP contribution is 2.39. The van der Waals surface area contributed by atoms with Crippen molar-refractivity contribution >= 4 is 51.3 Å². The summed E-state index contributed by atoms with van der Waals surface area (Å²) in [5.74, 6) is -1.06. The van der Waals surface area contributed by atoms with Gasteiger partial charge in [-0.1, -0.05) is 11.6 Å². The molecule has 4 rings (SSSR count). The number of nitrogens with zero attached hydrogens (tertiary/aromatic N) is 1. The Kier molecular flexibility index (Phi) is 5.71. The molecule has 2 aliphatic rings. The number of halogens is 1. The summed E-state index contributed by atoms with van der Waals surface area (Å²) in [6, 6.07) is 5.02. The fourth-order valence-corrected chi connectivity index (χ4v) is 5.58. The number of methoxy groups -OCH3 is 1. The summed E-state index contributed by atoms with van der Waals surface area (Å²) in [6.45, 7) is 0.207. The van der Waals surface area contributed by atoms with E-state index in [0.29, 0.717) is 27.0 Å². The molecule has 2 aromatic rings. The van der Waals surface area contributed by atoms with E-state index in [1.165, 1.54) is 23.3 Å². The van der Waals surface area contributed by atoms with Crippen LogP contribution in [0.3, 0.4) is 0 Å². The van der Waals surface area contributed by atoms with E-state index in [-0.39, 0.29) is 24.8 Å². The zero-order chi connectivity index (χ0) is 21.4. The lowest BCUT2D eigenvalue weighted by molar-refractivity contribution is -0.122. The first-order valence-electron chi connectivity index (χ1n) is 9.78. The molecular weight excluding hydrogens is 426 g/mol. The van der Waals surface area contributed by atoms with Crippen LogP contribution in [0.25, 0.3) is 0 Å². The number of ether oxygens (including phenoxy) is 1. The fraction of sp³-hybridized carbons (Fsp3) is 0.381. The molecule has 1 fully saturated rings. The maximum absolute atomic E-state index is 13.0. The van der Waals surface area contributed by atoms with Crippen molar-refractivity contribution in [3.63, 3.8) is 0 Å². The first-order chi connectivity index (χ1) is 14.4. The van der Waals surface area contributed by atoms with E-state index in [1.54, 1.807) is 18.2 Å². The van der Waals surface area contributed by atoms with Crippen LogP contribution < -0.4 is 20.7 Å². The molecule has 1 aliphatic heterocycles. The smallest absolute Gasteiger partial charge is 0.251 e. The Morgan fingerprint density at radius 1 is 1.30 bits per heavy atom. The number of rotatable bonds is 5. The second kappa shape index (κ2) is 8.28. The topological polar surface area (TPSA) is 102 Å². The Morgan fingerprint density at radius 3 is 2.80 bits per heavy atom. The summed E-state index contributed by atoms with van der Waals surface area (Å²) in [5.41, 5.74) is 7.52. The van der Waals surface area contributed by atoms with Crippen LogP contribution in [0.5, 0.6) is 5.75 Å². The number of benzene rings is 1. The van der Waals surface area contributed by atoms with E-state index in [1.807, 2.05) is 0 Å². The van der Waals surface area contributed by atoms with Crippen molar-refractivity contribution in [2.45, 2.75) is 32.1 Å². The van der Waals surface area contributed by atoms with Gasteiger partial charge < -0.3 is 20.7 Å². The molecule has 0 unspecified atom stereocenters. The van der Waals surface area contributed by atoms with Crippen LogP contribution in [0.1, 0.15) is 40.1 Å². The van der Waals surface area contributed by atoms with Gasteiger partial charge in [0.05, 0.1) is 24.3 Å². The first kappa shape index (κ1) is 20.7. The predicted molar refractivity (Wildman–Crippen MR) is 117 cm³/mol. The number of anilines is 2. The molecular formula is C21H22ClN3O4S. The van der Waals surface area contributed by atoms with Crippen LogP contribution in [0.2, 0.25) is 5.02 Å². The normalized spacial score (nSPS) is 18.3. The fourth-order valence-electron chi connectivity index (χ4n) is 4.12. The second-order valence-corrected chi connectivity index (χ2v) is 9.03. The van der Waals surface area contributed by atoms with Gasteiger partial charge in [0, 0.05) is 22.9 Å². The maximum atomic E-state index is 13.0. The molecule has 1 atom stereocenters. The third-order valence-electron chi connectivity index (χ3n) is 5.58. The van der Waals surface area contributed by atoms with Gasteiger partial charge in [0.1, 0.15) is 10.8 Å². The maximum Gasteiger partial charge on any atom is 0.251 e. The van der Waals surface area contributed by atoms with Crippen molar-refractivity contribution in [3.8, 4) is 5.75 Å². The molecule has 9 heteroatoms. The predicted octanol–water partition coefficient (Wildman–Crippen LogP) is 3.38. The summed E-state index contributed by atoms with van der Waals surface area (Å²) in [7, 11) is 1.52. The summed E-state index contributed by atoms with van der Waals surface area (Å²) in [4.78, 5) is 40.2. The number of nitrogens with one attached hydrogen (secondary N) is 1. The number of primary amides is 1. The van der Waals surface area contributed by atoms with Crippen molar-refractivity contribution in [1.29, 1.82) is 0 Å². The Balaban J connectivity index is 1.55. The van der Waals surface area contributed by atoms with Crippen LogP contribution in [0, 0.1) is 5.92 Å². The van der Waals surface area contributed by atoms with Crippen LogP contribution >= 0.6 is 22.9 Å². The number of fused-ring (bicyclic) bond motifs is 1. The van der Waals surface area contributed by atoms with E-state index < -0.39 is 11.8 Å². The Labute approximate surface area is 183 Å². The molecule has 1 saturated heterocycles.